The van der Waals surface area contributed by atoms with E-state index in [-0.39, 0.29) is 23.1 Å². The van der Waals surface area contributed by atoms with Crippen molar-refractivity contribution in [1.29, 1.82) is 0 Å². The van der Waals surface area contributed by atoms with Gasteiger partial charge in [0.15, 0.2) is 0 Å². The smallest absolute Gasteiger partial charge is 0.410 e. The lowest BCUT2D eigenvalue weighted by molar-refractivity contribution is 0.0164. The second kappa shape index (κ2) is 7.64. The molecule has 0 aliphatic carbocycles. The lowest BCUT2D eigenvalue weighted by atomic mass is 9.85. The molecule has 0 aromatic carbocycles. The predicted octanol–water partition coefficient (Wildman–Crippen LogP) is 3.35. The molecule has 1 atom stereocenters. The summed E-state index contributed by atoms with van der Waals surface area (Å²) in [7, 11) is 0. The van der Waals surface area contributed by atoms with Gasteiger partial charge in [-0.25, -0.2) is 4.79 Å². The number of nitrogens with one attached hydrogen (secondary N) is 1. The number of rotatable bonds is 1. The molecule has 20 heavy (non-hydrogen) atoms. The van der Waals surface area contributed by atoms with E-state index in [9.17, 15) is 4.79 Å². The fourth-order valence-corrected chi connectivity index (χ4v) is 3.09. The average Bonchev–Trinajstić information content (AvgIpc) is 2.38. The van der Waals surface area contributed by atoms with Crippen LogP contribution in [0.2, 0.25) is 0 Å². The van der Waals surface area contributed by atoms with Crippen LogP contribution in [0.15, 0.2) is 0 Å². The van der Waals surface area contributed by atoms with Gasteiger partial charge in [0.25, 0.3) is 0 Å². The van der Waals surface area contributed by atoms with Gasteiger partial charge in [0.2, 0.25) is 0 Å². The fraction of sp³-hybridized carbons (Fsp3) is 0.933. The maximum Gasteiger partial charge on any atom is 0.410 e. The third-order valence-electron chi connectivity index (χ3n) is 4.11. The molecule has 0 bridgehead atoms. The number of likely N-dealkylation sites (tertiary alicyclic amines) is 1. The second-order valence-corrected chi connectivity index (χ2v) is 6.86. The lowest BCUT2D eigenvalue weighted by Gasteiger charge is -2.38. The van der Waals surface area contributed by atoms with Gasteiger partial charge in [-0.3, -0.25) is 0 Å². The maximum absolute atomic E-state index is 12.0. The zero-order valence-electron chi connectivity index (χ0n) is 13.0. The number of halogens is 1. The van der Waals surface area contributed by atoms with Gasteiger partial charge >= 0.3 is 6.09 Å². The van der Waals surface area contributed by atoms with Crippen LogP contribution in [-0.2, 0) is 4.74 Å². The summed E-state index contributed by atoms with van der Waals surface area (Å²) in [6, 6.07) is 0.675. The largest absolute Gasteiger partial charge is 0.444 e. The molecule has 1 amide bonds. The van der Waals surface area contributed by atoms with Crippen LogP contribution in [-0.4, -0.2) is 42.3 Å². The van der Waals surface area contributed by atoms with E-state index in [1.54, 1.807) is 0 Å². The number of hydrogen-bond acceptors (Lipinski definition) is 3. The first-order valence-corrected chi connectivity index (χ1v) is 7.67. The molecular weight excluding hydrogens is 320 g/mol. The third-order valence-corrected chi connectivity index (χ3v) is 4.11. The molecule has 0 aromatic rings. The van der Waals surface area contributed by atoms with Crippen LogP contribution < -0.4 is 5.32 Å². The highest BCUT2D eigenvalue weighted by Crippen LogP contribution is 2.26. The normalized spacial score (nSPS) is 24.9. The molecule has 0 aromatic heterocycles. The molecule has 0 saturated carbocycles. The molecule has 2 aliphatic heterocycles. The van der Waals surface area contributed by atoms with Crippen molar-refractivity contribution >= 4 is 23.1 Å². The van der Waals surface area contributed by atoms with Crippen molar-refractivity contribution in [2.75, 3.05) is 19.6 Å². The molecule has 0 radical (unpaired) electrons. The summed E-state index contributed by atoms with van der Waals surface area (Å²) >= 11 is 0. The summed E-state index contributed by atoms with van der Waals surface area (Å²) in [5.74, 6) is 0.735. The Hall–Kier alpha value is -0.290. The average molecular weight is 349 g/mol. The van der Waals surface area contributed by atoms with Crippen molar-refractivity contribution in [2.45, 2.75) is 64.5 Å². The number of carbonyl (C=O) groups excluding carboxylic acids is 1. The second-order valence-electron chi connectivity index (χ2n) is 6.86. The highest BCUT2D eigenvalue weighted by Gasteiger charge is 2.30. The number of nitrogens with zero attached hydrogens (tertiary/aromatic N) is 1. The van der Waals surface area contributed by atoms with Crippen LogP contribution in [0.5, 0.6) is 0 Å². The van der Waals surface area contributed by atoms with Crippen molar-refractivity contribution in [3.63, 3.8) is 0 Å². The molecule has 2 heterocycles. The Bertz CT molecular complexity index is 303. The van der Waals surface area contributed by atoms with Gasteiger partial charge < -0.3 is 15.0 Å². The zero-order valence-corrected chi connectivity index (χ0v) is 14.7. The molecule has 5 heteroatoms. The summed E-state index contributed by atoms with van der Waals surface area (Å²) in [4.78, 5) is 13.9. The van der Waals surface area contributed by atoms with E-state index in [2.05, 4.69) is 5.32 Å². The Morgan fingerprint density at radius 1 is 1.15 bits per heavy atom. The first-order chi connectivity index (χ1) is 8.96. The van der Waals surface area contributed by atoms with E-state index in [1.165, 1.54) is 19.3 Å². The van der Waals surface area contributed by atoms with E-state index >= 15 is 0 Å². The Morgan fingerprint density at radius 3 is 2.30 bits per heavy atom. The third kappa shape index (κ3) is 5.24. The molecule has 1 unspecified atom stereocenters. The van der Waals surface area contributed by atoms with E-state index in [0.717, 1.165) is 38.4 Å². The SMILES string of the molecule is Br.CC(C)(C)OC(=O)N1CCC(C2CCCCN2)CC1. The molecule has 2 fully saturated rings. The number of amides is 1. The lowest BCUT2D eigenvalue weighted by Crippen LogP contribution is -2.47. The fourth-order valence-electron chi connectivity index (χ4n) is 3.09. The van der Waals surface area contributed by atoms with E-state index < -0.39 is 5.60 Å². The van der Waals surface area contributed by atoms with Crippen molar-refractivity contribution in [2.24, 2.45) is 5.92 Å². The Kier molecular flexibility index (Phi) is 6.79. The summed E-state index contributed by atoms with van der Waals surface area (Å²) in [6.07, 6.45) is 6.03. The Labute approximate surface area is 133 Å². The topological polar surface area (TPSA) is 41.6 Å². The number of carbonyl (C=O) groups is 1. The maximum atomic E-state index is 12.0. The van der Waals surface area contributed by atoms with Crippen LogP contribution in [0.1, 0.15) is 52.9 Å². The van der Waals surface area contributed by atoms with Crippen LogP contribution in [0, 0.1) is 5.92 Å². The van der Waals surface area contributed by atoms with Gasteiger partial charge in [-0.1, -0.05) is 6.42 Å². The summed E-state index contributed by atoms with van der Waals surface area (Å²) in [5, 5.41) is 3.64. The van der Waals surface area contributed by atoms with Gasteiger partial charge in [0.05, 0.1) is 0 Å². The number of piperidine rings is 2. The minimum Gasteiger partial charge on any atom is -0.444 e. The summed E-state index contributed by atoms with van der Waals surface area (Å²) in [6.45, 7) is 8.61. The first-order valence-electron chi connectivity index (χ1n) is 7.67. The monoisotopic (exact) mass is 348 g/mol. The van der Waals surface area contributed by atoms with E-state index in [0.29, 0.717) is 6.04 Å². The quantitative estimate of drug-likeness (QED) is 0.789. The zero-order chi connectivity index (χ0) is 13.9. The molecule has 2 aliphatic rings. The van der Waals surface area contributed by atoms with Crippen molar-refractivity contribution in [3.05, 3.63) is 0 Å². The standard InChI is InChI=1S/C15H28N2O2.BrH/c1-15(2,3)19-14(18)17-10-7-12(8-11-17)13-6-4-5-9-16-13;/h12-13,16H,4-11H2,1-3H3;1H. The minimum absolute atomic E-state index is 0. The van der Waals surface area contributed by atoms with Crippen molar-refractivity contribution in [1.82, 2.24) is 10.2 Å². The summed E-state index contributed by atoms with van der Waals surface area (Å²) < 4.78 is 5.43. The number of hydrogen-bond donors (Lipinski definition) is 1. The van der Waals surface area contributed by atoms with Crippen LogP contribution in [0.25, 0.3) is 0 Å². The van der Waals surface area contributed by atoms with Gasteiger partial charge in [-0.2, -0.15) is 0 Å². The van der Waals surface area contributed by atoms with Gasteiger partial charge in [0, 0.05) is 19.1 Å². The Balaban J connectivity index is 0.00000200. The van der Waals surface area contributed by atoms with Gasteiger partial charge in [0.1, 0.15) is 5.60 Å². The van der Waals surface area contributed by atoms with Crippen LogP contribution in [0.3, 0.4) is 0 Å². The van der Waals surface area contributed by atoms with Crippen molar-refractivity contribution < 1.29 is 9.53 Å². The summed E-state index contributed by atoms with van der Waals surface area (Å²) in [5.41, 5.74) is -0.390. The van der Waals surface area contributed by atoms with Gasteiger partial charge in [-0.15, -0.1) is 17.0 Å². The molecule has 0 spiro atoms. The van der Waals surface area contributed by atoms with Crippen LogP contribution in [0.4, 0.5) is 4.79 Å². The highest BCUT2D eigenvalue weighted by molar-refractivity contribution is 8.93. The highest BCUT2D eigenvalue weighted by atomic mass is 79.9. The molecule has 118 valence electrons. The predicted molar refractivity (Wildman–Crippen MR) is 86.5 cm³/mol. The number of ether oxygens (including phenoxy) is 1. The van der Waals surface area contributed by atoms with Crippen molar-refractivity contribution in [3.8, 4) is 0 Å². The molecular formula is C15H29BrN2O2. The minimum atomic E-state index is -0.390. The molecule has 4 nitrogen and oxygen atoms in total. The van der Waals surface area contributed by atoms with E-state index in [1.807, 2.05) is 25.7 Å². The van der Waals surface area contributed by atoms with E-state index in [4.69, 9.17) is 4.74 Å². The molecule has 1 N–H and O–H groups in total. The first kappa shape index (κ1) is 17.8. The molecule has 2 rings (SSSR count). The van der Waals surface area contributed by atoms with Crippen LogP contribution >= 0.6 is 17.0 Å². The van der Waals surface area contributed by atoms with Gasteiger partial charge in [-0.05, 0) is 58.9 Å². The Morgan fingerprint density at radius 2 is 1.80 bits per heavy atom. The molecule has 2 saturated heterocycles.